The molecule has 0 fully saturated rings. The minimum absolute atomic E-state index is 0.0915. The number of carbonyl (C=O) groups excluding carboxylic acids is 2. The van der Waals surface area contributed by atoms with Crippen molar-refractivity contribution in [1.29, 1.82) is 0 Å². The standard InChI is InChI=1S/C12H14BrClN2O2/c13-10-3-1-9(2-4-10)7-16(8-11(15)17)12(18)5-6-14/h1-4H,5-8H2,(H2,15,17). The first-order chi connectivity index (χ1) is 8.52. The van der Waals surface area contributed by atoms with Crippen LogP contribution < -0.4 is 5.73 Å². The Balaban J connectivity index is 2.74. The SMILES string of the molecule is NC(=O)CN(Cc1ccc(Br)cc1)C(=O)CCCl. The van der Waals surface area contributed by atoms with E-state index in [0.29, 0.717) is 6.54 Å². The molecule has 4 nitrogen and oxygen atoms in total. The highest BCUT2D eigenvalue weighted by Crippen LogP contribution is 2.12. The first kappa shape index (κ1) is 15.0. The molecule has 6 heteroatoms. The maximum absolute atomic E-state index is 11.8. The number of nitrogens with zero attached hydrogens (tertiary/aromatic N) is 1. The number of halogens is 2. The lowest BCUT2D eigenvalue weighted by Crippen LogP contribution is -2.38. The number of hydrogen-bond acceptors (Lipinski definition) is 2. The summed E-state index contributed by atoms with van der Waals surface area (Å²) in [6.07, 6.45) is 0.200. The molecule has 0 unspecified atom stereocenters. The molecule has 18 heavy (non-hydrogen) atoms. The quantitative estimate of drug-likeness (QED) is 0.808. The number of hydrogen-bond donors (Lipinski definition) is 1. The number of benzene rings is 1. The molecule has 0 aromatic heterocycles. The van der Waals surface area contributed by atoms with Gasteiger partial charge in [-0.1, -0.05) is 28.1 Å². The molecule has 1 aromatic rings. The summed E-state index contributed by atoms with van der Waals surface area (Å²) in [4.78, 5) is 24.1. The third-order valence-electron chi connectivity index (χ3n) is 2.29. The van der Waals surface area contributed by atoms with Crippen molar-refractivity contribution in [2.24, 2.45) is 5.73 Å². The third kappa shape index (κ3) is 5.06. The Morgan fingerprint density at radius 1 is 1.28 bits per heavy atom. The van der Waals surface area contributed by atoms with Gasteiger partial charge in [0, 0.05) is 23.3 Å². The summed E-state index contributed by atoms with van der Waals surface area (Å²) >= 11 is 8.86. The van der Waals surface area contributed by atoms with Crippen LogP contribution in [0, 0.1) is 0 Å². The predicted molar refractivity (Wildman–Crippen MR) is 74.1 cm³/mol. The van der Waals surface area contributed by atoms with Gasteiger partial charge in [0.25, 0.3) is 0 Å². The van der Waals surface area contributed by atoms with E-state index in [0.717, 1.165) is 10.0 Å². The van der Waals surface area contributed by atoms with Crippen LogP contribution in [0.1, 0.15) is 12.0 Å². The highest BCUT2D eigenvalue weighted by atomic mass is 79.9. The van der Waals surface area contributed by atoms with Crippen molar-refractivity contribution < 1.29 is 9.59 Å². The lowest BCUT2D eigenvalue weighted by molar-refractivity contribution is -0.135. The Morgan fingerprint density at radius 3 is 2.39 bits per heavy atom. The van der Waals surface area contributed by atoms with Crippen LogP contribution in [0.4, 0.5) is 0 Å². The van der Waals surface area contributed by atoms with Gasteiger partial charge in [0.2, 0.25) is 11.8 Å². The summed E-state index contributed by atoms with van der Waals surface area (Å²) in [5.41, 5.74) is 6.06. The van der Waals surface area contributed by atoms with Crippen LogP contribution >= 0.6 is 27.5 Å². The molecule has 0 spiro atoms. The molecule has 0 atom stereocenters. The third-order valence-corrected chi connectivity index (χ3v) is 3.01. The molecule has 0 heterocycles. The van der Waals surface area contributed by atoms with Crippen molar-refractivity contribution in [2.45, 2.75) is 13.0 Å². The van der Waals surface area contributed by atoms with Gasteiger partial charge in [-0.25, -0.2) is 0 Å². The molecular formula is C12H14BrClN2O2. The molecule has 0 aliphatic heterocycles. The van der Waals surface area contributed by atoms with Crippen LogP contribution in [0.15, 0.2) is 28.7 Å². The molecule has 2 N–H and O–H groups in total. The maximum atomic E-state index is 11.8. The minimum atomic E-state index is -0.532. The van der Waals surface area contributed by atoms with Gasteiger partial charge in [-0.15, -0.1) is 11.6 Å². The summed E-state index contributed by atoms with van der Waals surface area (Å²) < 4.78 is 0.958. The Bertz CT molecular complexity index is 423. The van der Waals surface area contributed by atoms with E-state index in [2.05, 4.69) is 15.9 Å². The van der Waals surface area contributed by atoms with Crippen molar-refractivity contribution in [1.82, 2.24) is 4.90 Å². The lowest BCUT2D eigenvalue weighted by Gasteiger charge is -2.21. The van der Waals surface area contributed by atoms with E-state index >= 15 is 0 Å². The van der Waals surface area contributed by atoms with Crippen LogP contribution in [0.3, 0.4) is 0 Å². The molecule has 2 amide bonds. The Morgan fingerprint density at radius 2 is 1.89 bits per heavy atom. The van der Waals surface area contributed by atoms with E-state index < -0.39 is 5.91 Å². The zero-order valence-electron chi connectivity index (χ0n) is 9.73. The second-order valence-electron chi connectivity index (χ2n) is 3.78. The van der Waals surface area contributed by atoms with Gasteiger partial charge in [0.05, 0.1) is 6.54 Å². The van der Waals surface area contributed by atoms with Gasteiger partial charge in [-0.05, 0) is 17.7 Å². The van der Waals surface area contributed by atoms with Crippen LogP contribution in [0.25, 0.3) is 0 Å². The molecule has 0 saturated carbocycles. The smallest absolute Gasteiger partial charge is 0.237 e. The first-order valence-corrected chi connectivity index (χ1v) is 6.72. The van der Waals surface area contributed by atoms with Crippen LogP contribution in [-0.2, 0) is 16.1 Å². The fraction of sp³-hybridized carbons (Fsp3) is 0.333. The maximum Gasteiger partial charge on any atom is 0.237 e. The van der Waals surface area contributed by atoms with Gasteiger partial charge in [0.1, 0.15) is 0 Å². The zero-order valence-corrected chi connectivity index (χ0v) is 12.1. The van der Waals surface area contributed by atoms with E-state index in [1.165, 1.54) is 4.90 Å². The number of carbonyl (C=O) groups is 2. The summed E-state index contributed by atoms with van der Waals surface area (Å²) in [6, 6.07) is 7.52. The highest BCUT2D eigenvalue weighted by Gasteiger charge is 2.15. The van der Waals surface area contributed by atoms with Gasteiger partial charge in [0.15, 0.2) is 0 Å². The van der Waals surface area contributed by atoms with Crippen molar-refractivity contribution in [3.8, 4) is 0 Å². The van der Waals surface area contributed by atoms with Crippen molar-refractivity contribution in [2.75, 3.05) is 12.4 Å². The van der Waals surface area contributed by atoms with Crippen molar-refractivity contribution in [3.05, 3.63) is 34.3 Å². The second-order valence-corrected chi connectivity index (χ2v) is 5.08. The summed E-state index contributed by atoms with van der Waals surface area (Å²) in [5.74, 6) is -0.476. The number of amides is 2. The zero-order chi connectivity index (χ0) is 13.5. The van der Waals surface area contributed by atoms with Gasteiger partial charge in [-0.3, -0.25) is 9.59 Å². The fourth-order valence-corrected chi connectivity index (χ4v) is 1.90. The van der Waals surface area contributed by atoms with E-state index in [4.69, 9.17) is 17.3 Å². The summed E-state index contributed by atoms with van der Waals surface area (Å²) in [6.45, 7) is 0.262. The van der Waals surface area contributed by atoms with Crippen molar-refractivity contribution in [3.63, 3.8) is 0 Å². The Labute approximate surface area is 119 Å². The average molecular weight is 334 g/mol. The van der Waals surface area contributed by atoms with E-state index in [9.17, 15) is 9.59 Å². The lowest BCUT2D eigenvalue weighted by atomic mass is 10.2. The molecular weight excluding hydrogens is 320 g/mol. The van der Waals surface area contributed by atoms with Gasteiger partial charge < -0.3 is 10.6 Å². The van der Waals surface area contributed by atoms with Gasteiger partial charge in [-0.2, -0.15) is 0 Å². The molecule has 1 aromatic carbocycles. The summed E-state index contributed by atoms with van der Waals surface area (Å²) in [7, 11) is 0. The number of primary amides is 1. The normalized spacial score (nSPS) is 10.1. The average Bonchev–Trinajstić information content (AvgIpc) is 2.31. The van der Waals surface area contributed by atoms with Gasteiger partial charge >= 0.3 is 0 Å². The predicted octanol–water partition coefficient (Wildman–Crippen LogP) is 1.89. The molecule has 0 aliphatic rings. The molecule has 0 bridgehead atoms. The molecule has 1 rings (SSSR count). The Hall–Kier alpha value is -1.07. The van der Waals surface area contributed by atoms with Crippen LogP contribution in [0.2, 0.25) is 0 Å². The topological polar surface area (TPSA) is 63.4 Å². The van der Waals surface area contributed by atoms with Crippen LogP contribution in [0.5, 0.6) is 0 Å². The largest absolute Gasteiger partial charge is 0.368 e. The van der Waals surface area contributed by atoms with E-state index in [1.54, 1.807) is 0 Å². The van der Waals surface area contributed by atoms with E-state index in [-0.39, 0.29) is 24.8 Å². The number of alkyl halides is 1. The molecule has 0 saturated heterocycles. The number of nitrogens with two attached hydrogens (primary N) is 1. The molecule has 98 valence electrons. The molecule has 0 aliphatic carbocycles. The monoisotopic (exact) mass is 332 g/mol. The first-order valence-electron chi connectivity index (χ1n) is 5.39. The summed E-state index contributed by atoms with van der Waals surface area (Å²) in [5, 5.41) is 0. The number of rotatable bonds is 6. The fourth-order valence-electron chi connectivity index (χ4n) is 1.47. The highest BCUT2D eigenvalue weighted by molar-refractivity contribution is 9.10. The van der Waals surface area contributed by atoms with Crippen LogP contribution in [-0.4, -0.2) is 29.1 Å². The van der Waals surface area contributed by atoms with Crippen molar-refractivity contribution >= 4 is 39.3 Å². The van der Waals surface area contributed by atoms with E-state index in [1.807, 2.05) is 24.3 Å². The Kier molecular flexibility index (Phi) is 6.15. The second kappa shape index (κ2) is 7.38. The minimum Gasteiger partial charge on any atom is -0.368 e. The molecule has 0 radical (unpaired) electrons.